The molecule has 106 valence electrons. The van der Waals surface area contributed by atoms with Gasteiger partial charge in [0.2, 0.25) is 5.60 Å². The van der Waals surface area contributed by atoms with Crippen LogP contribution in [0.15, 0.2) is 0 Å². The third-order valence-corrected chi connectivity index (χ3v) is 2.43. The first-order valence-corrected chi connectivity index (χ1v) is 6.52. The summed E-state index contributed by atoms with van der Waals surface area (Å²) >= 11 is 0. The monoisotopic (exact) mass is 258 g/mol. The van der Waals surface area contributed by atoms with Crippen LogP contribution in [0.4, 0.5) is 0 Å². The smallest absolute Gasteiger partial charge is 0.350 e. The molecule has 0 radical (unpaired) electrons. The van der Waals surface area contributed by atoms with Gasteiger partial charge in [-0.05, 0) is 41.0 Å². The molecule has 0 fully saturated rings. The quantitative estimate of drug-likeness (QED) is 0.542. The number of hydrogen-bond donors (Lipinski definition) is 0. The highest BCUT2D eigenvalue weighted by atomic mass is 16.6. The average Bonchev–Trinajstić information content (AvgIpc) is 2.22. The molecule has 0 aromatic rings. The molecule has 4 nitrogen and oxygen atoms in total. The highest BCUT2D eigenvalue weighted by Gasteiger charge is 2.37. The zero-order valence-electron chi connectivity index (χ0n) is 12.5. The van der Waals surface area contributed by atoms with Crippen molar-refractivity contribution >= 4 is 11.9 Å². The van der Waals surface area contributed by atoms with Crippen LogP contribution in [0.1, 0.15) is 60.8 Å². The Morgan fingerprint density at radius 1 is 0.944 bits per heavy atom. The van der Waals surface area contributed by atoms with Crippen molar-refractivity contribution in [3.05, 3.63) is 0 Å². The third-order valence-electron chi connectivity index (χ3n) is 2.43. The zero-order valence-corrected chi connectivity index (χ0v) is 12.5. The van der Waals surface area contributed by atoms with Crippen LogP contribution < -0.4 is 0 Å². The first-order chi connectivity index (χ1) is 8.11. The molecular formula is C14H26O4. The van der Waals surface area contributed by atoms with E-state index in [4.69, 9.17) is 9.47 Å². The van der Waals surface area contributed by atoms with E-state index in [0.29, 0.717) is 6.61 Å². The van der Waals surface area contributed by atoms with Gasteiger partial charge in [0.1, 0.15) is 0 Å². The van der Waals surface area contributed by atoms with Crippen molar-refractivity contribution in [2.45, 2.75) is 66.4 Å². The second-order valence-electron chi connectivity index (χ2n) is 5.99. The lowest BCUT2D eigenvalue weighted by Crippen LogP contribution is -2.41. The number of rotatable bonds is 6. The van der Waals surface area contributed by atoms with Crippen LogP contribution >= 0.6 is 0 Å². The van der Waals surface area contributed by atoms with Crippen LogP contribution in [0, 0.1) is 5.41 Å². The van der Waals surface area contributed by atoms with Gasteiger partial charge in [0.05, 0.1) is 12.0 Å². The molecule has 0 heterocycles. The Kier molecular flexibility index (Phi) is 6.36. The molecule has 0 saturated carbocycles. The molecule has 0 aliphatic carbocycles. The second kappa shape index (κ2) is 6.76. The predicted octanol–water partition coefficient (Wildman–Crippen LogP) is 3.09. The molecule has 0 aliphatic rings. The van der Waals surface area contributed by atoms with Gasteiger partial charge < -0.3 is 9.47 Å². The number of carbonyl (C=O) groups excluding carboxylic acids is 2. The van der Waals surface area contributed by atoms with Crippen LogP contribution in [0.3, 0.4) is 0 Å². The molecule has 0 aromatic heterocycles. The standard InChI is InChI=1S/C14H26O4/c1-7-8-9-10-17-12(16)14(5,6)18-11(15)13(2,3)4/h7-10H2,1-6H3. The number of esters is 2. The minimum atomic E-state index is -1.23. The van der Waals surface area contributed by atoms with E-state index in [0.717, 1.165) is 19.3 Å². The summed E-state index contributed by atoms with van der Waals surface area (Å²) in [4.78, 5) is 23.5. The van der Waals surface area contributed by atoms with Gasteiger partial charge >= 0.3 is 11.9 Å². The molecule has 0 N–H and O–H groups in total. The van der Waals surface area contributed by atoms with Crippen LogP contribution in [-0.2, 0) is 19.1 Å². The van der Waals surface area contributed by atoms with Crippen molar-refractivity contribution in [3.63, 3.8) is 0 Å². The molecule has 0 saturated heterocycles. The maximum Gasteiger partial charge on any atom is 0.350 e. The summed E-state index contributed by atoms with van der Waals surface area (Å²) in [6.07, 6.45) is 2.93. The molecule has 4 heteroatoms. The maximum absolute atomic E-state index is 11.8. The largest absolute Gasteiger partial charge is 0.463 e. The Balaban J connectivity index is 4.27. The van der Waals surface area contributed by atoms with Gasteiger partial charge in [-0.3, -0.25) is 4.79 Å². The molecule has 0 spiro atoms. The SMILES string of the molecule is CCCCCOC(=O)C(C)(C)OC(=O)C(C)(C)C. The van der Waals surface area contributed by atoms with Gasteiger partial charge in [-0.1, -0.05) is 19.8 Å². The summed E-state index contributed by atoms with van der Waals surface area (Å²) in [5.41, 5.74) is -1.85. The Bertz CT molecular complexity index is 287. The van der Waals surface area contributed by atoms with Gasteiger partial charge in [-0.15, -0.1) is 0 Å². The van der Waals surface area contributed by atoms with E-state index in [9.17, 15) is 9.59 Å². The Morgan fingerprint density at radius 3 is 1.94 bits per heavy atom. The molecule has 0 atom stereocenters. The summed E-state index contributed by atoms with van der Waals surface area (Å²) in [7, 11) is 0. The van der Waals surface area contributed by atoms with E-state index in [-0.39, 0.29) is 0 Å². The van der Waals surface area contributed by atoms with E-state index in [1.807, 2.05) is 0 Å². The first-order valence-electron chi connectivity index (χ1n) is 6.52. The van der Waals surface area contributed by atoms with Crippen molar-refractivity contribution in [1.29, 1.82) is 0 Å². The Hall–Kier alpha value is -1.06. The van der Waals surface area contributed by atoms with Crippen molar-refractivity contribution in [2.24, 2.45) is 5.41 Å². The highest BCUT2D eigenvalue weighted by molar-refractivity contribution is 5.84. The summed E-state index contributed by atoms with van der Waals surface area (Å²) in [6.45, 7) is 10.8. The third kappa shape index (κ3) is 6.03. The van der Waals surface area contributed by atoms with Crippen LogP contribution in [0.25, 0.3) is 0 Å². The van der Waals surface area contributed by atoms with Crippen molar-refractivity contribution in [3.8, 4) is 0 Å². The molecule has 0 aliphatic heterocycles. The normalized spacial score (nSPS) is 12.1. The van der Waals surface area contributed by atoms with Crippen molar-refractivity contribution in [2.75, 3.05) is 6.61 Å². The zero-order chi connectivity index (χ0) is 14.4. The number of unbranched alkanes of at least 4 members (excludes halogenated alkanes) is 2. The first kappa shape index (κ1) is 16.9. The van der Waals surface area contributed by atoms with Crippen molar-refractivity contribution in [1.82, 2.24) is 0 Å². The lowest BCUT2D eigenvalue weighted by atomic mass is 9.97. The summed E-state index contributed by atoms with van der Waals surface area (Å²) < 4.78 is 10.3. The van der Waals surface area contributed by atoms with Gasteiger partial charge in [0.15, 0.2) is 0 Å². The number of ether oxygens (including phenoxy) is 2. The molecular weight excluding hydrogens is 232 g/mol. The fourth-order valence-electron chi connectivity index (χ4n) is 1.12. The topological polar surface area (TPSA) is 52.6 Å². The van der Waals surface area contributed by atoms with Gasteiger partial charge in [-0.2, -0.15) is 0 Å². The minimum Gasteiger partial charge on any atom is -0.463 e. The summed E-state index contributed by atoms with van der Waals surface area (Å²) in [6, 6.07) is 0. The number of carbonyl (C=O) groups is 2. The van der Waals surface area contributed by atoms with E-state index in [2.05, 4.69) is 6.92 Å². The summed E-state index contributed by atoms with van der Waals surface area (Å²) in [5.74, 6) is -0.894. The Morgan fingerprint density at radius 2 is 1.50 bits per heavy atom. The lowest BCUT2D eigenvalue weighted by Gasteiger charge is -2.27. The lowest BCUT2D eigenvalue weighted by molar-refractivity contribution is -0.183. The molecule has 18 heavy (non-hydrogen) atoms. The fourth-order valence-corrected chi connectivity index (χ4v) is 1.12. The number of hydrogen-bond acceptors (Lipinski definition) is 4. The van der Waals surface area contributed by atoms with Crippen LogP contribution in [0.5, 0.6) is 0 Å². The minimum absolute atomic E-state index is 0.378. The van der Waals surface area contributed by atoms with E-state index in [1.165, 1.54) is 0 Å². The predicted molar refractivity (Wildman–Crippen MR) is 70.1 cm³/mol. The summed E-state index contributed by atoms with van der Waals surface area (Å²) in [5, 5.41) is 0. The maximum atomic E-state index is 11.8. The van der Waals surface area contributed by atoms with Crippen molar-refractivity contribution < 1.29 is 19.1 Å². The van der Waals surface area contributed by atoms with Gasteiger partial charge in [-0.25, -0.2) is 4.79 Å². The Labute approximate surface area is 110 Å². The molecule has 0 rings (SSSR count). The van der Waals surface area contributed by atoms with E-state index in [1.54, 1.807) is 34.6 Å². The van der Waals surface area contributed by atoms with E-state index < -0.39 is 23.0 Å². The molecule has 0 unspecified atom stereocenters. The molecule has 0 bridgehead atoms. The van der Waals surface area contributed by atoms with Crippen LogP contribution in [0.2, 0.25) is 0 Å². The van der Waals surface area contributed by atoms with Gasteiger partial charge in [0, 0.05) is 0 Å². The average molecular weight is 258 g/mol. The van der Waals surface area contributed by atoms with Crippen LogP contribution in [-0.4, -0.2) is 24.1 Å². The van der Waals surface area contributed by atoms with Gasteiger partial charge in [0.25, 0.3) is 0 Å². The fraction of sp³-hybridized carbons (Fsp3) is 0.857. The molecule has 0 aromatic carbocycles. The van der Waals surface area contributed by atoms with E-state index >= 15 is 0 Å². The molecule has 0 amide bonds. The highest BCUT2D eigenvalue weighted by Crippen LogP contribution is 2.21. The second-order valence-corrected chi connectivity index (χ2v) is 5.99.